The number of aliphatic imine (C=N–C) groups is 1. The monoisotopic (exact) mass is 490 g/mol. The Bertz CT molecular complexity index is 627. The molecule has 3 N–H and O–H groups in total. The van der Waals surface area contributed by atoms with E-state index in [1.807, 2.05) is 39.8 Å². The third-order valence-electron chi connectivity index (χ3n) is 3.90. The molecule has 0 saturated heterocycles. The van der Waals surface area contributed by atoms with Gasteiger partial charge in [0.1, 0.15) is 5.75 Å². The number of methoxy groups -OCH3 is 1. The third kappa shape index (κ3) is 8.81. The van der Waals surface area contributed by atoms with Gasteiger partial charge in [0.15, 0.2) is 5.96 Å². The molecule has 0 bridgehead atoms. The van der Waals surface area contributed by atoms with Crippen LogP contribution in [0.3, 0.4) is 0 Å². The molecule has 154 valence electrons. The van der Waals surface area contributed by atoms with Crippen LogP contribution in [-0.4, -0.2) is 38.6 Å². The summed E-state index contributed by atoms with van der Waals surface area (Å²) in [6.07, 6.45) is 0. The van der Waals surface area contributed by atoms with Crippen molar-refractivity contribution in [2.24, 2.45) is 10.4 Å². The molecule has 0 spiro atoms. The van der Waals surface area contributed by atoms with Gasteiger partial charge in [0.25, 0.3) is 0 Å². The van der Waals surface area contributed by atoms with Crippen LogP contribution in [0, 0.1) is 12.3 Å². The fourth-order valence-electron chi connectivity index (χ4n) is 2.40. The van der Waals surface area contributed by atoms with Gasteiger partial charge in [-0.2, -0.15) is 0 Å². The first-order valence-corrected chi connectivity index (χ1v) is 9.16. The zero-order valence-corrected chi connectivity index (χ0v) is 19.9. The van der Waals surface area contributed by atoms with E-state index in [9.17, 15) is 4.79 Å². The van der Waals surface area contributed by atoms with E-state index in [4.69, 9.17) is 4.74 Å². The van der Waals surface area contributed by atoms with E-state index < -0.39 is 0 Å². The van der Waals surface area contributed by atoms with Crippen LogP contribution in [0.25, 0.3) is 0 Å². The van der Waals surface area contributed by atoms with Gasteiger partial charge in [-0.15, -0.1) is 24.0 Å². The molecule has 1 atom stereocenters. The molecule has 0 saturated carbocycles. The molecule has 1 rings (SSSR count). The van der Waals surface area contributed by atoms with E-state index in [0.717, 1.165) is 17.9 Å². The standard InChI is InChI=1S/C20H34N4O2.HI/c1-8-21-19(23-12-11-22-18(25)20(4,5)6)24-15(3)16-13-14(2)9-10-17(16)26-7;/h9-10,13,15H,8,11-12H2,1-7H3,(H,22,25)(H2,21,23,24);1H. The Hall–Kier alpha value is -1.51. The maximum atomic E-state index is 11.9. The summed E-state index contributed by atoms with van der Waals surface area (Å²) in [5, 5.41) is 9.55. The lowest BCUT2D eigenvalue weighted by Crippen LogP contribution is -2.40. The smallest absolute Gasteiger partial charge is 0.225 e. The first-order valence-electron chi connectivity index (χ1n) is 9.16. The van der Waals surface area contributed by atoms with E-state index >= 15 is 0 Å². The highest BCUT2D eigenvalue weighted by Gasteiger charge is 2.20. The normalized spacial score (nSPS) is 12.6. The second kappa shape index (κ2) is 12.0. The van der Waals surface area contributed by atoms with Crippen LogP contribution in [-0.2, 0) is 4.79 Å². The van der Waals surface area contributed by atoms with Gasteiger partial charge in [-0.1, -0.05) is 38.5 Å². The van der Waals surface area contributed by atoms with E-state index in [-0.39, 0.29) is 41.3 Å². The number of hydrogen-bond donors (Lipinski definition) is 3. The maximum Gasteiger partial charge on any atom is 0.225 e. The van der Waals surface area contributed by atoms with Gasteiger partial charge in [0.2, 0.25) is 5.91 Å². The lowest BCUT2D eigenvalue weighted by atomic mass is 9.96. The topological polar surface area (TPSA) is 74.8 Å². The van der Waals surface area contributed by atoms with E-state index in [1.165, 1.54) is 5.56 Å². The summed E-state index contributed by atoms with van der Waals surface area (Å²) in [6.45, 7) is 13.6. The van der Waals surface area contributed by atoms with Crippen LogP contribution in [0.2, 0.25) is 0 Å². The summed E-state index contributed by atoms with van der Waals surface area (Å²) in [5.41, 5.74) is 1.88. The number of carbonyl (C=O) groups excluding carboxylic acids is 1. The molecule has 1 amide bonds. The van der Waals surface area contributed by atoms with Crippen LogP contribution >= 0.6 is 24.0 Å². The van der Waals surface area contributed by atoms with Gasteiger partial charge in [-0.3, -0.25) is 9.79 Å². The zero-order chi connectivity index (χ0) is 19.7. The van der Waals surface area contributed by atoms with Crippen LogP contribution < -0.4 is 20.7 Å². The molecule has 7 heteroatoms. The van der Waals surface area contributed by atoms with Crippen molar-refractivity contribution in [3.63, 3.8) is 0 Å². The van der Waals surface area contributed by atoms with Crippen molar-refractivity contribution in [1.82, 2.24) is 16.0 Å². The molecule has 1 unspecified atom stereocenters. The first kappa shape index (κ1) is 25.5. The number of amides is 1. The fourth-order valence-corrected chi connectivity index (χ4v) is 2.40. The number of ether oxygens (including phenoxy) is 1. The summed E-state index contributed by atoms with van der Waals surface area (Å²) < 4.78 is 5.47. The summed E-state index contributed by atoms with van der Waals surface area (Å²) >= 11 is 0. The van der Waals surface area contributed by atoms with Crippen molar-refractivity contribution in [2.75, 3.05) is 26.7 Å². The molecule has 1 aromatic rings. The number of benzene rings is 1. The molecule has 0 heterocycles. The molecule has 1 aromatic carbocycles. The summed E-state index contributed by atoms with van der Waals surface area (Å²) in [6, 6.07) is 6.16. The van der Waals surface area contributed by atoms with Crippen molar-refractivity contribution in [1.29, 1.82) is 0 Å². The molecular weight excluding hydrogens is 455 g/mol. The second-order valence-electron chi connectivity index (χ2n) is 7.38. The van der Waals surface area contributed by atoms with Crippen molar-refractivity contribution >= 4 is 35.8 Å². The van der Waals surface area contributed by atoms with Crippen LogP contribution in [0.5, 0.6) is 5.75 Å². The molecular formula is C20H35IN4O2. The minimum absolute atomic E-state index is 0. The van der Waals surface area contributed by atoms with Crippen molar-refractivity contribution in [3.05, 3.63) is 29.3 Å². The van der Waals surface area contributed by atoms with E-state index in [2.05, 4.69) is 40.9 Å². The Labute approximate surface area is 181 Å². The van der Waals surface area contributed by atoms with Crippen LogP contribution in [0.15, 0.2) is 23.2 Å². The second-order valence-corrected chi connectivity index (χ2v) is 7.38. The lowest BCUT2D eigenvalue weighted by molar-refractivity contribution is -0.128. The Balaban J connectivity index is 0.00000676. The van der Waals surface area contributed by atoms with Crippen molar-refractivity contribution < 1.29 is 9.53 Å². The molecule has 27 heavy (non-hydrogen) atoms. The maximum absolute atomic E-state index is 11.9. The molecule has 0 aliphatic carbocycles. The predicted molar refractivity (Wildman–Crippen MR) is 123 cm³/mol. The van der Waals surface area contributed by atoms with Crippen molar-refractivity contribution in [2.45, 2.75) is 47.6 Å². The minimum Gasteiger partial charge on any atom is -0.496 e. The highest BCUT2D eigenvalue weighted by atomic mass is 127. The summed E-state index contributed by atoms with van der Waals surface area (Å²) in [5.74, 6) is 1.60. The summed E-state index contributed by atoms with van der Waals surface area (Å²) in [4.78, 5) is 16.4. The van der Waals surface area contributed by atoms with Crippen LogP contribution in [0.1, 0.15) is 51.8 Å². The van der Waals surface area contributed by atoms with Gasteiger partial charge in [0, 0.05) is 24.1 Å². The highest BCUT2D eigenvalue weighted by Crippen LogP contribution is 2.25. The van der Waals surface area contributed by atoms with Gasteiger partial charge in [-0.05, 0) is 26.8 Å². The Morgan fingerprint density at radius 3 is 2.48 bits per heavy atom. The number of guanidine groups is 1. The van der Waals surface area contributed by atoms with E-state index in [0.29, 0.717) is 19.0 Å². The Morgan fingerprint density at radius 2 is 1.93 bits per heavy atom. The number of rotatable bonds is 7. The number of halogens is 1. The molecule has 0 radical (unpaired) electrons. The molecule has 0 aliphatic heterocycles. The van der Waals surface area contributed by atoms with Crippen molar-refractivity contribution in [3.8, 4) is 5.75 Å². The third-order valence-corrected chi connectivity index (χ3v) is 3.90. The van der Waals surface area contributed by atoms with Crippen LogP contribution in [0.4, 0.5) is 0 Å². The lowest BCUT2D eigenvalue weighted by Gasteiger charge is -2.21. The number of nitrogens with one attached hydrogen (secondary N) is 3. The van der Waals surface area contributed by atoms with Gasteiger partial charge in [0.05, 0.1) is 19.7 Å². The SMILES string of the molecule is CCNC(=NCCNC(=O)C(C)(C)C)NC(C)c1cc(C)ccc1OC.I. The predicted octanol–water partition coefficient (Wildman–Crippen LogP) is 3.40. The number of carbonyl (C=O) groups is 1. The average molecular weight is 490 g/mol. The largest absolute Gasteiger partial charge is 0.496 e. The molecule has 0 aliphatic rings. The minimum atomic E-state index is -0.386. The highest BCUT2D eigenvalue weighted by molar-refractivity contribution is 14.0. The quantitative estimate of drug-likeness (QED) is 0.237. The average Bonchev–Trinajstić information content (AvgIpc) is 2.57. The molecule has 6 nitrogen and oxygen atoms in total. The summed E-state index contributed by atoms with van der Waals surface area (Å²) in [7, 11) is 1.68. The molecule has 0 aromatic heterocycles. The number of aryl methyl sites for hydroxylation is 1. The van der Waals surface area contributed by atoms with E-state index in [1.54, 1.807) is 7.11 Å². The fraction of sp³-hybridized carbons (Fsp3) is 0.600. The number of hydrogen-bond acceptors (Lipinski definition) is 3. The van der Waals surface area contributed by atoms with Gasteiger partial charge in [-0.25, -0.2) is 0 Å². The number of nitrogens with zero attached hydrogens (tertiary/aromatic N) is 1. The Morgan fingerprint density at radius 1 is 1.26 bits per heavy atom. The molecule has 0 fully saturated rings. The Kier molecular flexibility index (Phi) is 11.4. The van der Waals surface area contributed by atoms with Gasteiger partial charge >= 0.3 is 0 Å². The zero-order valence-electron chi connectivity index (χ0n) is 17.6. The first-order chi connectivity index (χ1) is 12.2. The van der Waals surface area contributed by atoms with Gasteiger partial charge < -0.3 is 20.7 Å².